The van der Waals surface area contributed by atoms with Crippen LogP contribution in [0.5, 0.6) is 11.5 Å². The minimum Gasteiger partial charge on any atom is -0.506 e. The molecule has 1 aliphatic rings. The third-order valence-corrected chi connectivity index (χ3v) is 4.95. The predicted molar refractivity (Wildman–Crippen MR) is 114 cm³/mol. The van der Waals surface area contributed by atoms with Gasteiger partial charge in [-0.25, -0.2) is 0 Å². The molecule has 0 unspecified atom stereocenters. The Labute approximate surface area is 173 Å². The molecule has 0 fully saturated rings. The Kier molecular flexibility index (Phi) is 5.26. The van der Waals surface area contributed by atoms with E-state index in [9.17, 15) is 14.7 Å². The Morgan fingerprint density at radius 1 is 1.07 bits per heavy atom. The lowest BCUT2D eigenvalue weighted by Gasteiger charge is -2.37. The lowest BCUT2D eigenvalue weighted by Crippen LogP contribution is -2.46. The topological polar surface area (TPSA) is 90.9 Å². The van der Waals surface area contributed by atoms with E-state index in [0.717, 1.165) is 5.56 Å². The van der Waals surface area contributed by atoms with Gasteiger partial charge in [0.15, 0.2) is 0 Å². The molecule has 3 N–H and O–H groups in total. The number of fused-ring (bicyclic) bond motifs is 1. The smallest absolute Gasteiger partial charge is 0.258 e. The van der Waals surface area contributed by atoms with Crippen LogP contribution in [0.2, 0.25) is 0 Å². The molecule has 1 heterocycles. The van der Waals surface area contributed by atoms with Crippen LogP contribution >= 0.6 is 0 Å². The van der Waals surface area contributed by atoms with Crippen molar-refractivity contribution < 1.29 is 19.4 Å². The summed E-state index contributed by atoms with van der Waals surface area (Å²) in [5.74, 6) is -0.00160. The fourth-order valence-corrected chi connectivity index (χ4v) is 3.43. The molecular weight excluding hydrogens is 382 g/mol. The van der Waals surface area contributed by atoms with Crippen molar-refractivity contribution in [1.29, 1.82) is 0 Å². The number of rotatable bonds is 5. The van der Waals surface area contributed by atoms with E-state index in [1.54, 1.807) is 37.4 Å². The van der Waals surface area contributed by atoms with Crippen LogP contribution in [0.15, 0.2) is 72.8 Å². The summed E-state index contributed by atoms with van der Waals surface area (Å²) >= 11 is 0. The average molecular weight is 403 g/mol. The fraction of sp³-hybridized carbons (Fsp3) is 0.130. The number of carbonyl (C=O) groups excluding carboxylic acids is 2. The molecule has 1 aliphatic heterocycles. The zero-order valence-electron chi connectivity index (χ0n) is 16.3. The number of ether oxygens (including phenoxy) is 1. The Morgan fingerprint density at radius 2 is 1.77 bits per heavy atom. The van der Waals surface area contributed by atoms with Crippen molar-refractivity contribution in [3.05, 3.63) is 83.9 Å². The average Bonchev–Trinajstić information content (AvgIpc) is 2.77. The van der Waals surface area contributed by atoms with Crippen molar-refractivity contribution in [2.45, 2.75) is 6.17 Å². The Balaban J connectivity index is 1.63. The number of nitrogens with one attached hydrogen (secondary N) is 2. The molecule has 0 saturated heterocycles. The molecule has 0 aliphatic carbocycles. The Hall–Kier alpha value is -4.00. The lowest BCUT2D eigenvalue weighted by molar-refractivity contribution is -0.117. The maximum absolute atomic E-state index is 13.2. The maximum Gasteiger partial charge on any atom is 0.258 e. The largest absolute Gasteiger partial charge is 0.506 e. The number of phenolic OH excluding ortho intramolecular Hbond substituents is 1. The highest BCUT2D eigenvalue weighted by Crippen LogP contribution is 2.33. The van der Waals surface area contributed by atoms with Crippen molar-refractivity contribution in [2.24, 2.45) is 0 Å². The molecule has 152 valence electrons. The van der Waals surface area contributed by atoms with Crippen LogP contribution in [0, 0.1) is 0 Å². The number of phenols is 1. The molecule has 1 atom stereocenters. The zero-order valence-corrected chi connectivity index (χ0v) is 16.3. The normalized spacial score (nSPS) is 15.2. The number of nitrogens with zero attached hydrogens (tertiary/aromatic N) is 1. The summed E-state index contributed by atoms with van der Waals surface area (Å²) < 4.78 is 5.21. The summed E-state index contributed by atoms with van der Waals surface area (Å²) in [5, 5.41) is 15.9. The van der Waals surface area contributed by atoms with Gasteiger partial charge in [-0.05, 0) is 42.0 Å². The van der Waals surface area contributed by atoms with Crippen LogP contribution in [0.1, 0.15) is 22.1 Å². The van der Waals surface area contributed by atoms with E-state index < -0.39 is 12.1 Å². The van der Waals surface area contributed by atoms with Gasteiger partial charge in [-0.3, -0.25) is 9.59 Å². The second kappa shape index (κ2) is 8.16. The first-order valence-corrected chi connectivity index (χ1v) is 9.45. The van der Waals surface area contributed by atoms with E-state index in [4.69, 9.17) is 4.74 Å². The molecule has 0 saturated carbocycles. The first kappa shape index (κ1) is 19.3. The summed E-state index contributed by atoms with van der Waals surface area (Å²) in [6.45, 7) is -0.189. The molecule has 0 aromatic heterocycles. The maximum atomic E-state index is 13.2. The van der Waals surface area contributed by atoms with E-state index >= 15 is 0 Å². The number of methoxy groups -OCH3 is 1. The van der Waals surface area contributed by atoms with Gasteiger partial charge in [0, 0.05) is 5.69 Å². The highest BCUT2D eigenvalue weighted by Gasteiger charge is 2.34. The van der Waals surface area contributed by atoms with E-state index in [1.165, 1.54) is 11.0 Å². The number of hydrogen-bond acceptors (Lipinski definition) is 5. The van der Waals surface area contributed by atoms with Crippen LogP contribution in [-0.4, -0.2) is 35.5 Å². The van der Waals surface area contributed by atoms with Crippen molar-refractivity contribution in [1.82, 2.24) is 4.90 Å². The van der Waals surface area contributed by atoms with Gasteiger partial charge in [0.1, 0.15) is 24.2 Å². The van der Waals surface area contributed by atoms with E-state index in [-0.39, 0.29) is 18.2 Å². The van der Waals surface area contributed by atoms with E-state index in [1.807, 2.05) is 36.4 Å². The SMILES string of the molecule is COc1ccc([C@@H]2Nc3ccccc3C(=O)N2CC(=O)Nc2ccccc2O)cc1. The second-order valence-electron chi connectivity index (χ2n) is 6.86. The molecule has 4 rings (SSSR count). The highest BCUT2D eigenvalue weighted by molar-refractivity contribution is 6.04. The molecule has 0 bridgehead atoms. The van der Waals surface area contributed by atoms with Gasteiger partial charge in [-0.15, -0.1) is 0 Å². The molecule has 7 heteroatoms. The minimum atomic E-state index is -0.534. The molecule has 7 nitrogen and oxygen atoms in total. The third kappa shape index (κ3) is 3.77. The predicted octanol–water partition coefficient (Wildman–Crippen LogP) is 3.61. The van der Waals surface area contributed by atoms with Gasteiger partial charge in [-0.1, -0.05) is 36.4 Å². The highest BCUT2D eigenvalue weighted by atomic mass is 16.5. The summed E-state index contributed by atoms with van der Waals surface area (Å²) in [7, 11) is 1.59. The number of carbonyl (C=O) groups is 2. The van der Waals surface area contributed by atoms with Gasteiger partial charge < -0.3 is 25.4 Å². The molecule has 3 aromatic carbocycles. The number of anilines is 2. The van der Waals surface area contributed by atoms with Crippen LogP contribution < -0.4 is 15.4 Å². The van der Waals surface area contributed by atoms with E-state index in [0.29, 0.717) is 22.7 Å². The summed E-state index contributed by atoms with van der Waals surface area (Å²) in [6, 6.07) is 21.0. The monoisotopic (exact) mass is 403 g/mol. The van der Waals surface area contributed by atoms with Crippen LogP contribution in [0.25, 0.3) is 0 Å². The quantitative estimate of drug-likeness (QED) is 0.566. The van der Waals surface area contributed by atoms with E-state index in [2.05, 4.69) is 10.6 Å². The van der Waals surface area contributed by atoms with Crippen molar-refractivity contribution in [2.75, 3.05) is 24.3 Å². The van der Waals surface area contributed by atoms with Crippen LogP contribution in [0.4, 0.5) is 11.4 Å². The Bertz CT molecular complexity index is 1080. The summed E-state index contributed by atoms with van der Waals surface area (Å²) in [4.78, 5) is 27.4. The zero-order chi connectivity index (χ0) is 21.1. The molecule has 30 heavy (non-hydrogen) atoms. The fourth-order valence-electron chi connectivity index (χ4n) is 3.43. The third-order valence-electron chi connectivity index (χ3n) is 4.95. The van der Waals surface area contributed by atoms with Gasteiger partial charge in [-0.2, -0.15) is 0 Å². The number of benzene rings is 3. The van der Waals surface area contributed by atoms with Gasteiger partial charge in [0.25, 0.3) is 5.91 Å². The standard InChI is InChI=1S/C23H21N3O4/c1-30-16-12-10-15(11-13-16)22-25-18-7-3-2-6-17(18)23(29)26(22)14-21(28)24-19-8-4-5-9-20(19)27/h2-13,22,25,27H,14H2,1H3,(H,24,28)/t22-/m1/s1. The summed E-state index contributed by atoms with van der Waals surface area (Å²) in [5.41, 5.74) is 2.31. The van der Waals surface area contributed by atoms with Gasteiger partial charge >= 0.3 is 0 Å². The summed E-state index contributed by atoms with van der Waals surface area (Å²) in [6.07, 6.45) is -0.534. The number of para-hydroxylation sites is 3. The number of amides is 2. The first-order valence-electron chi connectivity index (χ1n) is 9.45. The van der Waals surface area contributed by atoms with Crippen molar-refractivity contribution in [3.8, 4) is 11.5 Å². The second-order valence-corrected chi connectivity index (χ2v) is 6.86. The molecular formula is C23H21N3O4. The van der Waals surface area contributed by atoms with Crippen LogP contribution in [0.3, 0.4) is 0 Å². The van der Waals surface area contributed by atoms with Gasteiger partial charge in [0.2, 0.25) is 5.91 Å². The molecule has 2 amide bonds. The molecule has 0 radical (unpaired) electrons. The van der Waals surface area contributed by atoms with Gasteiger partial charge in [0.05, 0.1) is 18.4 Å². The lowest BCUT2D eigenvalue weighted by atomic mass is 10.0. The number of hydrogen-bond donors (Lipinski definition) is 3. The van der Waals surface area contributed by atoms with Crippen molar-refractivity contribution >= 4 is 23.2 Å². The van der Waals surface area contributed by atoms with Crippen LogP contribution in [-0.2, 0) is 4.79 Å². The number of aromatic hydroxyl groups is 1. The van der Waals surface area contributed by atoms with Crippen molar-refractivity contribution in [3.63, 3.8) is 0 Å². The molecule has 0 spiro atoms. The Morgan fingerprint density at radius 3 is 2.50 bits per heavy atom. The minimum absolute atomic E-state index is 0.0361. The first-order chi connectivity index (χ1) is 14.6. The molecule has 3 aromatic rings.